The molecule has 1 N–H and O–H groups in total. The molecule has 0 saturated carbocycles. The van der Waals surface area contributed by atoms with Gasteiger partial charge in [0.2, 0.25) is 0 Å². The summed E-state index contributed by atoms with van der Waals surface area (Å²) in [6.45, 7) is 1.81. The molecule has 18 heavy (non-hydrogen) atoms. The van der Waals surface area contributed by atoms with Gasteiger partial charge >= 0.3 is 0 Å². The Kier molecular flexibility index (Phi) is 3.39. The zero-order chi connectivity index (χ0) is 12.4. The lowest BCUT2D eigenvalue weighted by Crippen LogP contribution is -2.34. The molecule has 2 nitrogen and oxygen atoms in total. The molecule has 1 aliphatic heterocycles. The summed E-state index contributed by atoms with van der Waals surface area (Å²) in [6.07, 6.45) is 2.85. The highest BCUT2D eigenvalue weighted by atomic mass is 32.1. The number of thiazole rings is 1. The number of benzene rings is 1. The fraction of sp³-hybridized carbons (Fsp3) is 0.357. The molecule has 0 bridgehead atoms. The fourth-order valence-electron chi connectivity index (χ4n) is 2.67. The monoisotopic (exact) mass is 262 g/mol. The number of halogens is 1. The van der Waals surface area contributed by atoms with E-state index in [4.69, 9.17) is 0 Å². The van der Waals surface area contributed by atoms with Crippen molar-refractivity contribution in [2.45, 2.75) is 18.3 Å². The van der Waals surface area contributed by atoms with Gasteiger partial charge in [0.1, 0.15) is 5.82 Å². The van der Waals surface area contributed by atoms with E-state index in [9.17, 15) is 4.39 Å². The van der Waals surface area contributed by atoms with Crippen LogP contribution in [0.1, 0.15) is 28.8 Å². The summed E-state index contributed by atoms with van der Waals surface area (Å²) in [7, 11) is 0. The quantitative estimate of drug-likeness (QED) is 0.899. The van der Waals surface area contributed by atoms with Gasteiger partial charge in [0.15, 0.2) is 0 Å². The van der Waals surface area contributed by atoms with Gasteiger partial charge in [0, 0.05) is 30.0 Å². The van der Waals surface area contributed by atoms with Gasteiger partial charge in [-0.3, -0.25) is 0 Å². The molecule has 0 aliphatic carbocycles. The minimum atomic E-state index is -0.104. The second-order valence-corrected chi connectivity index (χ2v) is 5.52. The lowest BCUT2D eigenvalue weighted by atomic mass is 9.81. The van der Waals surface area contributed by atoms with Crippen molar-refractivity contribution < 1.29 is 4.39 Å². The van der Waals surface area contributed by atoms with Gasteiger partial charge in [0.05, 0.1) is 5.01 Å². The molecule has 4 heteroatoms. The average Bonchev–Trinajstić information content (AvgIpc) is 2.93. The van der Waals surface area contributed by atoms with Crippen LogP contribution in [0.15, 0.2) is 35.8 Å². The third-order valence-electron chi connectivity index (χ3n) is 3.56. The molecule has 2 heterocycles. The Morgan fingerprint density at radius 3 is 2.94 bits per heavy atom. The molecule has 2 atom stereocenters. The third kappa shape index (κ3) is 2.18. The van der Waals surface area contributed by atoms with Crippen molar-refractivity contribution in [1.29, 1.82) is 0 Å². The first-order chi connectivity index (χ1) is 8.86. The van der Waals surface area contributed by atoms with Gasteiger partial charge in [-0.05, 0) is 24.6 Å². The summed E-state index contributed by atoms with van der Waals surface area (Å²) in [4.78, 5) is 4.41. The van der Waals surface area contributed by atoms with Gasteiger partial charge in [0.25, 0.3) is 0 Å². The van der Waals surface area contributed by atoms with E-state index in [0.29, 0.717) is 5.92 Å². The molecule has 0 spiro atoms. The van der Waals surface area contributed by atoms with Crippen molar-refractivity contribution >= 4 is 11.3 Å². The molecule has 0 amide bonds. The first-order valence-electron chi connectivity index (χ1n) is 6.21. The van der Waals surface area contributed by atoms with Crippen LogP contribution in [0.25, 0.3) is 0 Å². The Morgan fingerprint density at radius 1 is 1.28 bits per heavy atom. The van der Waals surface area contributed by atoms with Gasteiger partial charge in [-0.1, -0.05) is 18.2 Å². The highest BCUT2D eigenvalue weighted by Gasteiger charge is 2.30. The molecule has 1 saturated heterocycles. The van der Waals surface area contributed by atoms with E-state index < -0.39 is 0 Å². The summed E-state index contributed by atoms with van der Waals surface area (Å²) in [5.74, 6) is 0.419. The molecule has 2 unspecified atom stereocenters. The van der Waals surface area contributed by atoms with Crippen LogP contribution in [0, 0.1) is 5.82 Å². The molecular formula is C14H15FN2S. The van der Waals surface area contributed by atoms with Gasteiger partial charge in [-0.25, -0.2) is 9.37 Å². The summed E-state index contributed by atoms with van der Waals surface area (Å²) in [5.41, 5.74) is 0.810. The zero-order valence-electron chi connectivity index (χ0n) is 9.97. The Bertz CT molecular complexity index is 512. The molecule has 94 valence electrons. The van der Waals surface area contributed by atoms with Crippen LogP contribution in [0.2, 0.25) is 0 Å². The smallest absolute Gasteiger partial charge is 0.126 e. The highest BCUT2D eigenvalue weighted by molar-refractivity contribution is 7.09. The maximum atomic E-state index is 13.9. The zero-order valence-corrected chi connectivity index (χ0v) is 10.8. The standard InChI is InChI=1S/C14H15FN2S/c15-13-4-2-1-3-10(13)12-9-16-6-5-11(12)14-17-7-8-18-14/h1-4,7-8,11-12,16H,5-6,9H2. The summed E-state index contributed by atoms with van der Waals surface area (Å²) in [5, 5.41) is 6.49. The number of piperidine rings is 1. The van der Waals surface area contributed by atoms with E-state index in [2.05, 4.69) is 10.3 Å². The van der Waals surface area contributed by atoms with Crippen LogP contribution in [0.3, 0.4) is 0 Å². The molecular weight excluding hydrogens is 247 g/mol. The number of hydrogen-bond donors (Lipinski definition) is 1. The van der Waals surface area contributed by atoms with Crippen LogP contribution in [0.5, 0.6) is 0 Å². The van der Waals surface area contributed by atoms with Crippen molar-refractivity contribution in [2.24, 2.45) is 0 Å². The topological polar surface area (TPSA) is 24.9 Å². The van der Waals surface area contributed by atoms with E-state index >= 15 is 0 Å². The highest BCUT2D eigenvalue weighted by Crippen LogP contribution is 2.38. The van der Waals surface area contributed by atoms with Gasteiger partial charge < -0.3 is 5.32 Å². The van der Waals surface area contributed by atoms with Crippen molar-refractivity contribution in [3.05, 3.63) is 52.2 Å². The van der Waals surface area contributed by atoms with Crippen molar-refractivity contribution in [1.82, 2.24) is 10.3 Å². The molecule has 3 rings (SSSR count). The SMILES string of the molecule is Fc1ccccc1C1CNCCC1c1nccs1. The minimum absolute atomic E-state index is 0.104. The van der Waals surface area contributed by atoms with Crippen molar-refractivity contribution in [3.63, 3.8) is 0 Å². The Balaban J connectivity index is 1.95. The molecule has 1 aromatic carbocycles. The summed E-state index contributed by atoms with van der Waals surface area (Å²) < 4.78 is 13.9. The van der Waals surface area contributed by atoms with E-state index in [0.717, 1.165) is 30.1 Å². The maximum absolute atomic E-state index is 13.9. The molecule has 1 aromatic heterocycles. The Hall–Kier alpha value is -1.26. The Morgan fingerprint density at radius 2 is 2.17 bits per heavy atom. The first-order valence-corrected chi connectivity index (χ1v) is 7.09. The lowest BCUT2D eigenvalue weighted by molar-refractivity contribution is 0.393. The molecule has 1 fully saturated rings. The largest absolute Gasteiger partial charge is 0.316 e. The normalized spacial score (nSPS) is 24.1. The number of nitrogens with zero attached hydrogens (tertiary/aromatic N) is 1. The maximum Gasteiger partial charge on any atom is 0.126 e. The fourth-order valence-corrected chi connectivity index (χ4v) is 3.51. The van der Waals surface area contributed by atoms with E-state index in [1.165, 1.54) is 0 Å². The second-order valence-electron chi connectivity index (χ2n) is 4.60. The van der Waals surface area contributed by atoms with Crippen molar-refractivity contribution in [3.8, 4) is 0 Å². The predicted octanol–water partition coefficient (Wildman–Crippen LogP) is 3.14. The summed E-state index contributed by atoms with van der Waals surface area (Å²) >= 11 is 1.67. The minimum Gasteiger partial charge on any atom is -0.316 e. The number of hydrogen-bond acceptors (Lipinski definition) is 3. The van der Waals surface area contributed by atoms with Crippen LogP contribution in [0.4, 0.5) is 4.39 Å². The first kappa shape index (κ1) is 11.8. The molecule has 2 aromatic rings. The Labute approximate surface area is 110 Å². The van der Waals surface area contributed by atoms with E-state index in [1.807, 2.05) is 23.7 Å². The van der Waals surface area contributed by atoms with Crippen LogP contribution < -0.4 is 5.32 Å². The van der Waals surface area contributed by atoms with Crippen LogP contribution >= 0.6 is 11.3 Å². The van der Waals surface area contributed by atoms with Crippen LogP contribution in [-0.2, 0) is 0 Å². The second kappa shape index (κ2) is 5.16. The number of rotatable bonds is 2. The predicted molar refractivity (Wildman–Crippen MR) is 71.5 cm³/mol. The third-order valence-corrected chi connectivity index (χ3v) is 4.46. The summed E-state index contributed by atoms with van der Waals surface area (Å²) in [6, 6.07) is 7.09. The van der Waals surface area contributed by atoms with Crippen molar-refractivity contribution in [2.75, 3.05) is 13.1 Å². The van der Waals surface area contributed by atoms with Gasteiger partial charge in [-0.2, -0.15) is 0 Å². The molecule has 0 radical (unpaired) electrons. The van der Waals surface area contributed by atoms with Crippen LogP contribution in [-0.4, -0.2) is 18.1 Å². The number of aromatic nitrogens is 1. The lowest BCUT2D eigenvalue weighted by Gasteiger charge is -2.31. The van der Waals surface area contributed by atoms with E-state index in [-0.39, 0.29) is 11.7 Å². The number of nitrogens with one attached hydrogen (secondary N) is 1. The average molecular weight is 262 g/mol. The molecule has 1 aliphatic rings. The van der Waals surface area contributed by atoms with Gasteiger partial charge in [-0.15, -0.1) is 11.3 Å². The van der Waals surface area contributed by atoms with E-state index in [1.54, 1.807) is 23.5 Å².